The lowest BCUT2D eigenvalue weighted by Crippen LogP contribution is -2.19. The number of hydrogen-bond donors (Lipinski definition) is 2. The first-order valence-electron chi connectivity index (χ1n) is 5.89. The topological polar surface area (TPSA) is 70.1 Å². The number of carboxylic acid groups (broad SMARTS) is 1. The SMILES string of the molecule is O=C(O)CCCC=CCC1C(O)CC2OC21. The number of carbonyl (C=O) groups is 1. The van der Waals surface area contributed by atoms with Crippen molar-refractivity contribution in [2.24, 2.45) is 5.92 Å². The molecule has 1 heterocycles. The summed E-state index contributed by atoms with van der Waals surface area (Å²) in [5, 5.41) is 18.1. The van der Waals surface area contributed by atoms with Gasteiger partial charge in [0.15, 0.2) is 0 Å². The summed E-state index contributed by atoms with van der Waals surface area (Å²) in [6, 6.07) is 0. The molecule has 0 bridgehead atoms. The standard InChI is InChI=1S/C12H18O4/c13-9-7-10-12(16-10)8(9)5-3-1-2-4-6-11(14)15/h1,3,8-10,12-13H,2,4-7H2,(H,14,15). The van der Waals surface area contributed by atoms with E-state index in [-0.39, 0.29) is 24.5 Å². The molecule has 1 aliphatic heterocycles. The maximum Gasteiger partial charge on any atom is 0.303 e. The van der Waals surface area contributed by atoms with Gasteiger partial charge in [0.05, 0.1) is 18.3 Å². The number of fused-ring (bicyclic) bond motifs is 1. The third-order valence-electron chi connectivity index (χ3n) is 3.35. The lowest BCUT2D eigenvalue weighted by atomic mass is 10.00. The highest BCUT2D eigenvalue weighted by molar-refractivity contribution is 5.66. The smallest absolute Gasteiger partial charge is 0.303 e. The summed E-state index contributed by atoms with van der Waals surface area (Å²) in [5.41, 5.74) is 0. The largest absolute Gasteiger partial charge is 0.481 e. The quantitative estimate of drug-likeness (QED) is 0.407. The number of aliphatic hydroxyl groups excluding tert-OH is 1. The van der Waals surface area contributed by atoms with E-state index < -0.39 is 5.97 Å². The van der Waals surface area contributed by atoms with E-state index in [2.05, 4.69) is 0 Å². The van der Waals surface area contributed by atoms with Gasteiger partial charge in [0.1, 0.15) is 0 Å². The first-order chi connectivity index (χ1) is 7.68. The Bertz CT molecular complexity index is 285. The highest BCUT2D eigenvalue weighted by Gasteiger charge is 2.54. The van der Waals surface area contributed by atoms with Gasteiger partial charge in [-0.1, -0.05) is 12.2 Å². The zero-order valence-electron chi connectivity index (χ0n) is 9.21. The first kappa shape index (κ1) is 11.6. The minimum atomic E-state index is -0.742. The van der Waals surface area contributed by atoms with E-state index in [0.717, 1.165) is 19.3 Å². The van der Waals surface area contributed by atoms with Crippen molar-refractivity contribution >= 4 is 5.97 Å². The van der Waals surface area contributed by atoms with Gasteiger partial charge in [-0.15, -0.1) is 0 Å². The van der Waals surface area contributed by atoms with Gasteiger partial charge in [-0.05, 0) is 19.3 Å². The van der Waals surface area contributed by atoms with Crippen molar-refractivity contribution in [3.05, 3.63) is 12.2 Å². The van der Waals surface area contributed by atoms with Crippen LogP contribution in [0.25, 0.3) is 0 Å². The molecule has 90 valence electrons. The second kappa shape index (κ2) is 4.97. The number of unbranched alkanes of at least 4 members (excludes halogenated alkanes) is 1. The molecule has 4 heteroatoms. The van der Waals surface area contributed by atoms with Crippen molar-refractivity contribution in [1.82, 2.24) is 0 Å². The summed E-state index contributed by atoms with van der Waals surface area (Å²) in [7, 11) is 0. The molecule has 0 spiro atoms. The van der Waals surface area contributed by atoms with Gasteiger partial charge in [0.2, 0.25) is 0 Å². The molecule has 0 aromatic heterocycles. The molecule has 1 aliphatic carbocycles. The van der Waals surface area contributed by atoms with Crippen molar-refractivity contribution in [1.29, 1.82) is 0 Å². The summed E-state index contributed by atoms with van der Waals surface area (Å²) >= 11 is 0. The fourth-order valence-electron chi connectivity index (χ4n) is 2.39. The van der Waals surface area contributed by atoms with Gasteiger partial charge in [-0.25, -0.2) is 0 Å². The van der Waals surface area contributed by atoms with Crippen LogP contribution in [0.4, 0.5) is 0 Å². The van der Waals surface area contributed by atoms with Crippen molar-refractivity contribution in [2.45, 2.75) is 50.4 Å². The summed E-state index contributed by atoms with van der Waals surface area (Å²) in [6.07, 6.45) is 7.74. The number of rotatable bonds is 6. The Morgan fingerprint density at radius 3 is 2.88 bits per heavy atom. The average molecular weight is 226 g/mol. The van der Waals surface area contributed by atoms with Crippen LogP contribution in [0.1, 0.15) is 32.1 Å². The number of aliphatic hydroxyl groups is 1. The predicted octanol–water partition coefficient (Wildman–Crippen LogP) is 1.34. The monoisotopic (exact) mass is 226 g/mol. The number of carboxylic acids is 1. The Kier molecular flexibility index (Phi) is 3.61. The molecular formula is C12H18O4. The van der Waals surface area contributed by atoms with Crippen LogP contribution in [0, 0.1) is 5.92 Å². The van der Waals surface area contributed by atoms with Crippen LogP contribution in [0.2, 0.25) is 0 Å². The van der Waals surface area contributed by atoms with Crippen LogP contribution in [0.3, 0.4) is 0 Å². The van der Waals surface area contributed by atoms with E-state index in [9.17, 15) is 9.90 Å². The third-order valence-corrected chi connectivity index (χ3v) is 3.35. The van der Waals surface area contributed by atoms with Crippen molar-refractivity contribution < 1.29 is 19.7 Å². The van der Waals surface area contributed by atoms with E-state index in [1.54, 1.807) is 0 Å². The molecule has 2 fully saturated rings. The van der Waals surface area contributed by atoms with Crippen LogP contribution in [-0.2, 0) is 9.53 Å². The predicted molar refractivity (Wildman–Crippen MR) is 58.0 cm³/mol. The molecule has 2 N–H and O–H groups in total. The fourth-order valence-corrected chi connectivity index (χ4v) is 2.39. The Labute approximate surface area is 94.9 Å². The summed E-state index contributed by atoms with van der Waals surface area (Å²) in [4.78, 5) is 10.3. The molecule has 1 saturated heterocycles. The lowest BCUT2D eigenvalue weighted by molar-refractivity contribution is -0.137. The molecule has 0 amide bonds. The first-order valence-corrected chi connectivity index (χ1v) is 5.89. The Morgan fingerprint density at radius 1 is 1.44 bits per heavy atom. The van der Waals surface area contributed by atoms with E-state index in [4.69, 9.17) is 9.84 Å². The van der Waals surface area contributed by atoms with Crippen LogP contribution in [-0.4, -0.2) is 34.5 Å². The second-order valence-electron chi connectivity index (χ2n) is 4.60. The molecule has 2 aliphatic rings. The van der Waals surface area contributed by atoms with Gasteiger partial charge in [0.25, 0.3) is 0 Å². The molecule has 0 aromatic carbocycles. The Hall–Kier alpha value is -0.870. The minimum absolute atomic E-state index is 0.215. The minimum Gasteiger partial charge on any atom is -0.481 e. The molecular weight excluding hydrogens is 208 g/mol. The highest BCUT2D eigenvalue weighted by atomic mass is 16.6. The van der Waals surface area contributed by atoms with Crippen LogP contribution < -0.4 is 0 Å². The summed E-state index contributed by atoms with van der Waals surface area (Å²) < 4.78 is 5.37. The maximum atomic E-state index is 10.3. The van der Waals surface area contributed by atoms with E-state index in [1.165, 1.54) is 0 Å². The van der Waals surface area contributed by atoms with Gasteiger partial charge in [0, 0.05) is 18.8 Å². The fraction of sp³-hybridized carbons (Fsp3) is 0.750. The van der Waals surface area contributed by atoms with Gasteiger partial charge in [-0.2, -0.15) is 0 Å². The highest BCUT2D eigenvalue weighted by Crippen LogP contribution is 2.44. The average Bonchev–Trinajstić information content (AvgIpc) is 2.89. The van der Waals surface area contributed by atoms with Crippen molar-refractivity contribution in [3.8, 4) is 0 Å². The zero-order valence-corrected chi connectivity index (χ0v) is 9.21. The molecule has 1 saturated carbocycles. The number of allylic oxidation sites excluding steroid dienone is 2. The Morgan fingerprint density at radius 2 is 2.25 bits per heavy atom. The molecule has 0 radical (unpaired) electrons. The molecule has 0 aromatic rings. The van der Waals surface area contributed by atoms with Crippen molar-refractivity contribution in [3.63, 3.8) is 0 Å². The molecule has 4 atom stereocenters. The lowest BCUT2D eigenvalue weighted by Gasteiger charge is -2.13. The number of epoxide rings is 1. The van der Waals surface area contributed by atoms with Crippen molar-refractivity contribution in [2.75, 3.05) is 0 Å². The van der Waals surface area contributed by atoms with Gasteiger partial charge in [-0.3, -0.25) is 4.79 Å². The van der Waals surface area contributed by atoms with E-state index in [0.29, 0.717) is 12.5 Å². The normalized spacial score (nSPS) is 36.6. The van der Waals surface area contributed by atoms with Crippen LogP contribution in [0.5, 0.6) is 0 Å². The number of ether oxygens (including phenoxy) is 1. The van der Waals surface area contributed by atoms with Crippen LogP contribution >= 0.6 is 0 Å². The molecule has 4 unspecified atom stereocenters. The second-order valence-corrected chi connectivity index (χ2v) is 4.60. The zero-order chi connectivity index (χ0) is 11.5. The van der Waals surface area contributed by atoms with E-state index in [1.807, 2.05) is 12.2 Å². The molecule has 4 nitrogen and oxygen atoms in total. The summed E-state index contributed by atoms with van der Waals surface area (Å²) in [5.74, 6) is -0.491. The Balaban J connectivity index is 1.60. The molecule has 16 heavy (non-hydrogen) atoms. The van der Waals surface area contributed by atoms with Gasteiger partial charge >= 0.3 is 5.97 Å². The summed E-state index contributed by atoms with van der Waals surface area (Å²) in [6.45, 7) is 0. The number of aliphatic carboxylic acids is 1. The van der Waals surface area contributed by atoms with Crippen LogP contribution in [0.15, 0.2) is 12.2 Å². The van der Waals surface area contributed by atoms with E-state index >= 15 is 0 Å². The third kappa shape index (κ3) is 2.83. The van der Waals surface area contributed by atoms with Gasteiger partial charge < -0.3 is 14.9 Å². The molecule has 2 rings (SSSR count). The maximum absolute atomic E-state index is 10.3. The number of hydrogen-bond acceptors (Lipinski definition) is 3.